The molecule has 3 heteroatoms. The number of hydrogen-bond donors (Lipinski definition) is 0. The molecule has 0 aromatic heterocycles. The van der Waals surface area contributed by atoms with Crippen LogP contribution in [0.25, 0.3) is 0 Å². The molecule has 0 bridgehead atoms. The second-order valence-corrected chi connectivity index (χ2v) is 0.921. The van der Waals surface area contributed by atoms with E-state index in [1.54, 1.807) is 7.05 Å². The molecule has 3 nitrogen and oxygen atoms in total. The van der Waals surface area contributed by atoms with Crippen molar-refractivity contribution in [2.24, 2.45) is 15.0 Å². The van der Waals surface area contributed by atoms with Crippen molar-refractivity contribution in [3.05, 3.63) is 12.8 Å². The summed E-state index contributed by atoms with van der Waals surface area (Å²) in [5.74, 6) is 0. The molecular formula is C8H17N3. The highest BCUT2D eigenvalue weighted by Gasteiger charge is 1.40. The van der Waals surface area contributed by atoms with Crippen molar-refractivity contribution in [2.75, 3.05) is 7.05 Å². The summed E-state index contributed by atoms with van der Waals surface area (Å²) in [4.78, 5) is 10.1. The predicted molar refractivity (Wildman–Crippen MR) is 55.1 cm³/mol. The first kappa shape index (κ1) is 16.4. The van der Waals surface area contributed by atoms with Crippen molar-refractivity contribution >= 4 is 19.8 Å². The molecule has 11 heavy (non-hydrogen) atoms. The lowest BCUT2D eigenvalue weighted by Crippen LogP contribution is -1.54. The summed E-state index contributed by atoms with van der Waals surface area (Å²) < 4.78 is 0. The third-order valence-corrected chi connectivity index (χ3v) is 0.326. The molecule has 0 fully saturated rings. The molecule has 0 aliphatic heterocycles. The number of rotatable bonds is 2. The molecule has 0 aliphatic carbocycles. The van der Waals surface area contributed by atoms with Crippen molar-refractivity contribution < 1.29 is 0 Å². The molecule has 0 saturated heterocycles. The Morgan fingerprint density at radius 2 is 1.45 bits per heavy atom. The van der Waals surface area contributed by atoms with Crippen LogP contribution in [0.5, 0.6) is 0 Å². The van der Waals surface area contributed by atoms with Gasteiger partial charge in [-0.1, -0.05) is 20.4 Å². The van der Waals surface area contributed by atoms with E-state index >= 15 is 0 Å². The molecular weight excluding hydrogens is 138 g/mol. The Balaban J connectivity index is -0.0000000965. The second-order valence-electron chi connectivity index (χ2n) is 0.921. The van der Waals surface area contributed by atoms with Gasteiger partial charge in [-0.05, 0) is 13.4 Å². The average Bonchev–Trinajstić information content (AvgIpc) is 2.10. The van der Waals surface area contributed by atoms with E-state index in [-0.39, 0.29) is 0 Å². The third-order valence-electron chi connectivity index (χ3n) is 0.326. The van der Waals surface area contributed by atoms with Crippen LogP contribution in [0.2, 0.25) is 0 Å². The molecule has 0 N–H and O–H groups in total. The summed E-state index contributed by atoms with van der Waals surface area (Å²) in [6.45, 7) is 13.5. The van der Waals surface area contributed by atoms with Crippen LogP contribution in [0.1, 0.15) is 13.8 Å². The fourth-order valence-electron chi connectivity index (χ4n) is 0.0816. The zero-order valence-electron chi connectivity index (χ0n) is 7.62. The zero-order valence-corrected chi connectivity index (χ0v) is 7.62. The largest absolute Gasteiger partial charge is 0.277 e. The molecule has 0 aliphatic rings. The Labute approximate surface area is 69.3 Å². The summed E-state index contributed by atoms with van der Waals surface area (Å²) in [6.07, 6.45) is 2.78. The normalized spacial score (nSPS) is 6.45. The van der Waals surface area contributed by atoms with Gasteiger partial charge in [0.15, 0.2) is 0 Å². The van der Waals surface area contributed by atoms with Gasteiger partial charge in [0, 0.05) is 13.2 Å². The van der Waals surface area contributed by atoms with Crippen LogP contribution in [0.15, 0.2) is 27.8 Å². The van der Waals surface area contributed by atoms with E-state index in [2.05, 4.69) is 35.0 Å². The molecule has 0 aromatic rings. The quantitative estimate of drug-likeness (QED) is 0.433. The molecule has 0 rings (SSSR count). The van der Waals surface area contributed by atoms with E-state index < -0.39 is 0 Å². The standard InChI is InChI=1S/C3H6N2.C3H5N.C2H6/c1-4-3-5-2;1-3-4-2;1-2/h3H,1H2,2H3;3H,1-2H2;1-2H3. The van der Waals surface area contributed by atoms with Crippen LogP contribution in [0, 0.1) is 0 Å². The van der Waals surface area contributed by atoms with Gasteiger partial charge in [0.2, 0.25) is 0 Å². The Morgan fingerprint density at radius 3 is 1.45 bits per heavy atom. The van der Waals surface area contributed by atoms with Gasteiger partial charge < -0.3 is 0 Å². The molecule has 0 saturated carbocycles. The first-order valence-electron chi connectivity index (χ1n) is 3.26. The summed E-state index contributed by atoms with van der Waals surface area (Å²) in [7, 11) is 1.65. The van der Waals surface area contributed by atoms with Crippen LogP contribution in [0.4, 0.5) is 0 Å². The van der Waals surface area contributed by atoms with E-state index in [0.29, 0.717) is 0 Å². The number of nitrogens with zero attached hydrogens (tertiary/aromatic N) is 3. The summed E-state index contributed by atoms with van der Waals surface area (Å²) in [6, 6.07) is 0. The first-order chi connectivity index (χ1) is 5.33. The maximum Gasteiger partial charge on any atom is 0.108 e. The van der Waals surface area contributed by atoms with E-state index in [1.807, 2.05) is 13.8 Å². The van der Waals surface area contributed by atoms with Crippen LogP contribution < -0.4 is 0 Å². The zero-order chi connectivity index (χ0) is 9.54. The van der Waals surface area contributed by atoms with Crippen LogP contribution in [0.3, 0.4) is 0 Å². The van der Waals surface area contributed by atoms with E-state index in [4.69, 9.17) is 0 Å². The van der Waals surface area contributed by atoms with Crippen LogP contribution in [-0.2, 0) is 0 Å². The maximum atomic E-state index is 3.50. The minimum atomic E-state index is 1.39. The monoisotopic (exact) mass is 155 g/mol. The smallest absolute Gasteiger partial charge is 0.108 e. The Hall–Kier alpha value is -1.25. The van der Waals surface area contributed by atoms with Gasteiger partial charge in [0.1, 0.15) is 6.34 Å². The van der Waals surface area contributed by atoms with E-state index in [1.165, 1.54) is 12.5 Å². The minimum Gasteiger partial charge on any atom is -0.277 e. The van der Waals surface area contributed by atoms with Gasteiger partial charge in [-0.2, -0.15) is 0 Å². The highest BCUT2D eigenvalue weighted by molar-refractivity contribution is 5.61. The highest BCUT2D eigenvalue weighted by atomic mass is 14.8. The molecule has 0 atom stereocenters. The number of hydrogen-bond acceptors (Lipinski definition) is 2. The molecule has 0 aromatic carbocycles. The SMILES string of the molecule is C=CN=C.C=NC=NC.CC. The highest BCUT2D eigenvalue weighted by Crippen LogP contribution is 1.50. The van der Waals surface area contributed by atoms with Gasteiger partial charge in [-0.15, -0.1) is 0 Å². The minimum absolute atomic E-state index is 1.39. The van der Waals surface area contributed by atoms with Crippen molar-refractivity contribution in [3.63, 3.8) is 0 Å². The summed E-state index contributed by atoms with van der Waals surface area (Å²) in [5, 5.41) is 0. The summed E-state index contributed by atoms with van der Waals surface area (Å²) >= 11 is 0. The molecule has 0 spiro atoms. The Bertz CT molecular complexity index is 99.9. The summed E-state index contributed by atoms with van der Waals surface area (Å²) in [5.41, 5.74) is 0. The first-order valence-corrected chi connectivity index (χ1v) is 3.26. The van der Waals surface area contributed by atoms with Crippen LogP contribution >= 0.6 is 0 Å². The van der Waals surface area contributed by atoms with E-state index in [9.17, 15) is 0 Å². The van der Waals surface area contributed by atoms with Crippen molar-refractivity contribution in [2.45, 2.75) is 13.8 Å². The lowest BCUT2D eigenvalue weighted by molar-refractivity contribution is 1.45. The molecule has 0 amide bonds. The topological polar surface area (TPSA) is 37.1 Å². The fraction of sp³-hybridized carbons (Fsp3) is 0.375. The van der Waals surface area contributed by atoms with Gasteiger partial charge in [-0.3, -0.25) is 15.0 Å². The Kier molecular flexibility index (Phi) is 55.7. The van der Waals surface area contributed by atoms with Gasteiger partial charge in [0.25, 0.3) is 0 Å². The van der Waals surface area contributed by atoms with Crippen molar-refractivity contribution in [3.8, 4) is 0 Å². The van der Waals surface area contributed by atoms with Gasteiger partial charge >= 0.3 is 0 Å². The van der Waals surface area contributed by atoms with Crippen LogP contribution in [-0.4, -0.2) is 26.8 Å². The van der Waals surface area contributed by atoms with Gasteiger partial charge in [-0.25, -0.2) is 0 Å². The molecule has 0 unspecified atom stereocenters. The lowest BCUT2D eigenvalue weighted by atomic mass is 11.0. The predicted octanol–water partition coefficient (Wildman–Crippen LogP) is 2.20. The third kappa shape index (κ3) is 130. The van der Waals surface area contributed by atoms with E-state index in [0.717, 1.165) is 0 Å². The Morgan fingerprint density at radius 1 is 1.09 bits per heavy atom. The lowest BCUT2D eigenvalue weighted by Gasteiger charge is -1.59. The van der Waals surface area contributed by atoms with Crippen molar-refractivity contribution in [1.29, 1.82) is 0 Å². The van der Waals surface area contributed by atoms with Crippen molar-refractivity contribution in [1.82, 2.24) is 0 Å². The number of aliphatic imine (C=N–C) groups is 3. The average molecular weight is 155 g/mol. The second kappa shape index (κ2) is 37.4. The van der Waals surface area contributed by atoms with Gasteiger partial charge in [0.05, 0.1) is 0 Å². The molecule has 0 heterocycles. The molecule has 0 radical (unpaired) electrons. The fourth-order valence-corrected chi connectivity index (χ4v) is 0.0816. The molecule has 64 valence electrons. The maximum absolute atomic E-state index is 3.50.